The van der Waals surface area contributed by atoms with Crippen LogP contribution in [0.1, 0.15) is 66.2 Å². The lowest BCUT2D eigenvalue weighted by molar-refractivity contribution is 0.00625. The molecule has 0 aliphatic carbocycles. The van der Waals surface area contributed by atoms with Gasteiger partial charge in [-0.3, -0.25) is 0 Å². The summed E-state index contributed by atoms with van der Waals surface area (Å²) in [4.78, 5) is 27.6. The molecule has 6 heteroatoms. The number of aromatic amines is 1. The third-order valence-electron chi connectivity index (χ3n) is 3.26. The Hall–Kier alpha value is -1.82. The maximum absolute atomic E-state index is 12.3. The second-order valence-electron chi connectivity index (χ2n) is 6.41. The molecule has 0 atom stereocenters. The lowest BCUT2D eigenvalue weighted by Crippen LogP contribution is -2.24. The summed E-state index contributed by atoms with van der Waals surface area (Å²) < 4.78 is 10.5. The second kappa shape index (κ2) is 8.15. The highest BCUT2D eigenvalue weighted by Crippen LogP contribution is 2.23. The first-order valence-corrected chi connectivity index (χ1v) is 7.97. The lowest BCUT2D eigenvalue weighted by atomic mass is 10.1. The monoisotopic (exact) mass is 324 g/mol. The molecule has 0 fully saturated rings. The van der Waals surface area contributed by atoms with E-state index in [4.69, 9.17) is 9.47 Å². The SMILES string of the molecule is CCOC(=O)c1c(CCCNC)[nH]c(C(=O)OC(C)(C)C)c1C. The van der Waals surface area contributed by atoms with Gasteiger partial charge in [0.15, 0.2) is 0 Å². The number of rotatable bonds is 7. The highest BCUT2D eigenvalue weighted by atomic mass is 16.6. The highest BCUT2D eigenvalue weighted by Gasteiger charge is 2.27. The Morgan fingerprint density at radius 1 is 1.22 bits per heavy atom. The molecule has 0 spiro atoms. The van der Waals surface area contributed by atoms with Crippen LogP contribution in [0.3, 0.4) is 0 Å². The van der Waals surface area contributed by atoms with Gasteiger partial charge in [-0.25, -0.2) is 9.59 Å². The van der Waals surface area contributed by atoms with Crippen molar-refractivity contribution in [2.45, 2.75) is 53.1 Å². The molecule has 0 saturated heterocycles. The first-order valence-electron chi connectivity index (χ1n) is 7.97. The summed E-state index contributed by atoms with van der Waals surface area (Å²) in [6.07, 6.45) is 1.50. The number of nitrogens with one attached hydrogen (secondary N) is 2. The normalized spacial score (nSPS) is 11.4. The molecule has 1 rings (SSSR count). The molecule has 1 aromatic heterocycles. The van der Waals surface area contributed by atoms with Gasteiger partial charge in [0.05, 0.1) is 12.2 Å². The number of ether oxygens (including phenoxy) is 2. The van der Waals surface area contributed by atoms with Crippen molar-refractivity contribution in [2.75, 3.05) is 20.2 Å². The minimum atomic E-state index is -0.592. The van der Waals surface area contributed by atoms with Crippen LogP contribution >= 0.6 is 0 Å². The summed E-state index contributed by atoms with van der Waals surface area (Å²) in [5.41, 5.74) is 1.48. The van der Waals surface area contributed by atoms with Crippen molar-refractivity contribution in [1.29, 1.82) is 0 Å². The summed E-state index contributed by atoms with van der Waals surface area (Å²) in [5, 5.41) is 3.07. The topological polar surface area (TPSA) is 80.4 Å². The van der Waals surface area contributed by atoms with Crippen molar-refractivity contribution in [3.05, 3.63) is 22.5 Å². The third kappa shape index (κ3) is 5.39. The predicted molar refractivity (Wildman–Crippen MR) is 88.9 cm³/mol. The van der Waals surface area contributed by atoms with Crippen molar-refractivity contribution in [3.63, 3.8) is 0 Å². The van der Waals surface area contributed by atoms with Crippen molar-refractivity contribution < 1.29 is 19.1 Å². The highest BCUT2D eigenvalue weighted by molar-refractivity contribution is 5.98. The standard InChI is InChI=1S/C17H28N2O4/c1-7-22-15(20)13-11(2)14(16(21)23-17(3,4)5)19-12(13)9-8-10-18-6/h18-19H,7-10H2,1-6H3. The zero-order valence-corrected chi connectivity index (χ0v) is 15.0. The Bertz CT molecular complexity index is 556. The van der Waals surface area contributed by atoms with E-state index in [9.17, 15) is 9.59 Å². The number of hydrogen-bond donors (Lipinski definition) is 2. The van der Waals surface area contributed by atoms with E-state index < -0.39 is 17.5 Å². The fourth-order valence-corrected chi connectivity index (χ4v) is 2.30. The van der Waals surface area contributed by atoms with Crippen LogP contribution in [0.15, 0.2) is 0 Å². The zero-order chi connectivity index (χ0) is 17.6. The summed E-state index contributed by atoms with van der Waals surface area (Å²) in [7, 11) is 1.87. The summed E-state index contributed by atoms with van der Waals surface area (Å²) >= 11 is 0. The first-order chi connectivity index (χ1) is 10.7. The fourth-order valence-electron chi connectivity index (χ4n) is 2.30. The largest absolute Gasteiger partial charge is 0.462 e. The molecule has 1 aromatic rings. The van der Waals surface area contributed by atoms with Crippen LogP contribution in [0.2, 0.25) is 0 Å². The molecule has 0 radical (unpaired) electrons. The van der Waals surface area contributed by atoms with Gasteiger partial charge in [-0.1, -0.05) is 0 Å². The number of H-pyrrole nitrogens is 1. The molecule has 0 aliphatic heterocycles. The van der Waals surface area contributed by atoms with Crippen molar-refractivity contribution >= 4 is 11.9 Å². The number of aromatic nitrogens is 1. The molecule has 0 aliphatic rings. The van der Waals surface area contributed by atoms with Gasteiger partial charge in [-0.2, -0.15) is 0 Å². The van der Waals surface area contributed by atoms with Gasteiger partial charge in [0.2, 0.25) is 0 Å². The van der Waals surface area contributed by atoms with E-state index in [0.29, 0.717) is 29.8 Å². The molecule has 0 saturated carbocycles. The van der Waals surface area contributed by atoms with E-state index in [-0.39, 0.29) is 0 Å². The van der Waals surface area contributed by atoms with Crippen LogP contribution in [-0.2, 0) is 15.9 Å². The summed E-state index contributed by atoms with van der Waals surface area (Å²) in [6, 6.07) is 0. The summed E-state index contributed by atoms with van der Waals surface area (Å²) in [5.74, 6) is -0.865. The van der Waals surface area contributed by atoms with Crippen LogP contribution < -0.4 is 5.32 Å². The van der Waals surface area contributed by atoms with Gasteiger partial charge in [-0.05, 0) is 66.6 Å². The molecule has 0 amide bonds. The lowest BCUT2D eigenvalue weighted by Gasteiger charge is -2.19. The molecule has 0 unspecified atom stereocenters. The van der Waals surface area contributed by atoms with Gasteiger partial charge in [0, 0.05) is 5.69 Å². The van der Waals surface area contributed by atoms with Crippen LogP contribution in [0.25, 0.3) is 0 Å². The van der Waals surface area contributed by atoms with Crippen molar-refractivity contribution in [1.82, 2.24) is 10.3 Å². The van der Waals surface area contributed by atoms with Gasteiger partial charge in [-0.15, -0.1) is 0 Å². The van der Waals surface area contributed by atoms with Crippen molar-refractivity contribution in [2.24, 2.45) is 0 Å². The molecular formula is C17H28N2O4. The van der Waals surface area contributed by atoms with Gasteiger partial charge < -0.3 is 19.8 Å². The Morgan fingerprint density at radius 3 is 2.39 bits per heavy atom. The third-order valence-corrected chi connectivity index (χ3v) is 3.26. The molecule has 0 bridgehead atoms. The molecule has 2 N–H and O–H groups in total. The molecule has 23 heavy (non-hydrogen) atoms. The summed E-state index contributed by atoms with van der Waals surface area (Å²) in [6.45, 7) is 10.0. The van der Waals surface area contributed by atoms with Crippen molar-refractivity contribution in [3.8, 4) is 0 Å². The number of hydrogen-bond acceptors (Lipinski definition) is 5. The average Bonchev–Trinajstić information content (AvgIpc) is 2.74. The minimum Gasteiger partial charge on any atom is -0.462 e. The van der Waals surface area contributed by atoms with Crippen LogP contribution in [0, 0.1) is 6.92 Å². The number of carbonyl (C=O) groups is 2. The first kappa shape index (κ1) is 19.2. The van der Waals surface area contributed by atoms with Gasteiger partial charge >= 0.3 is 11.9 Å². The van der Waals surface area contributed by atoms with Crippen LogP contribution in [-0.4, -0.2) is 42.7 Å². The van der Waals surface area contributed by atoms with E-state index >= 15 is 0 Å². The molecule has 6 nitrogen and oxygen atoms in total. The number of carbonyl (C=O) groups excluding carboxylic acids is 2. The predicted octanol–water partition coefficient (Wildman–Crippen LogP) is 2.61. The zero-order valence-electron chi connectivity index (χ0n) is 15.0. The average molecular weight is 324 g/mol. The minimum absolute atomic E-state index is 0.293. The van der Waals surface area contributed by atoms with E-state index in [1.165, 1.54) is 0 Å². The molecular weight excluding hydrogens is 296 g/mol. The van der Waals surface area contributed by atoms with E-state index in [0.717, 1.165) is 18.7 Å². The van der Waals surface area contributed by atoms with E-state index in [1.54, 1.807) is 13.8 Å². The molecule has 1 heterocycles. The Labute approximate surface area is 137 Å². The number of aryl methyl sites for hydroxylation is 1. The second-order valence-corrected chi connectivity index (χ2v) is 6.41. The Morgan fingerprint density at radius 2 is 1.87 bits per heavy atom. The molecule has 130 valence electrons. The van der Waals surface area contributed by atoms with E-state index in [1.807, 2.05) is 27.8 Å². The van der Waals surface area contributed by atoms with Gasteiger partial charge in [0.1, 0.15) is 11.3 Å². The fraction of sp³-hybridized carbons (Fsp3) is 0.647. The molecule has 0 aromatic carbocycles. The smallest absolute Gasteiger partial charge is 0.355 e. The Balaban J connectivity index is 3.15. The van der Waals surface area contributed by atoms with E-state index in [2.05, 4.69) is 10.3 Å². The van der Waals surface area contributed by atoms with Crippen LogP contribution in [0.4, 0.5) is 0 Å². The maximum Gasteiger partial charge on any atom is 0.355 e. The van der Waals surface area contributed by atoms with Gasteiger partial charge in [0.25, 0.3) is 0 Å². The van der Waals surface area contributed by atoms with Crippen LogP contribution in [0.5, 0.6) is 0 Å². The number of esters is 2. The maximum atomic E-state index is 12.3. The quantitative estimate of drug-likeness (QED) is 0.595. The Kier molecular flexibility index (Phi) is 6.81.